The summed E-state index contributed by atoms with van der Waals surface area (Å²) in [6, 6.07) is 6.85. The Morgan fingerprint density at radius 3 is 2.38 bits per heavy atom. The van der Waals surface area contributed by atoms with Crippen molar-refractivity contribution in [1.29, 1.82) is 0 Å². The SMILES string of the molecule is CN1CC[C@]23CCCC[C@H]2[C@H]1Cc1ccc(O)cc13.O=C(O)[C@@H](O)[C@H](O)C(=O)O. The molecule has 1 saturated carbocycles. The number of carbonyl (C=O) groups is 2. The van der Waals surface area contributed by atoms with Crippen LogP contribution in [0.1, 0.15) is 43.2 Å². The van der Waals surface area contributed by atoms with Crippen molar-refractivity contribution in [2.24, 2.45) is 5.92 Å². The van der Waals surface area contributed by atoms with E-state index in [-0.39, 0.29) is 0 Å². The average Bonchev–Trinajstić information content (AvgIpc) is 2.70. The van der Waals surface area contributed by atoms with Crippen molar-refractivity contribution >= 4 is 11.9 Å². The van der Waals surface area contributed by atoms with Gasteiger partial charge >= 0.3 is 11.9 Å². The van der Waals surface area contributed by atoms with E-state index in [0.29, 0.717) is 11.2 Å². The quantitative estimate of drug-likeness (QED) is 0.499. The van der Waals surface area contributed by atoms with Crippen molar-refractivity contribution in [1.82, 2.24) is 4.90 Å². The molecule has 29 heavy (non-hydrogen) atoms. The number of carboxylic acid groups (broad SMARTS) is 2. The van der Waals surface area contributed by atoms with Crippen LogP contribution in [-0.4, -0.2) is 74.2 Å². The molecule has 0 aromatic heterocycles. The van der Waals surface area contributed by atoms with Gasteiger partial charge in [0.25, 0.3) is 0 Å². The first-order valence-electron chi connectivity index (χ1n) is 10.0. The third kappa shape index (κ3) is 3.97. The fraction of sp³-hybridized carbons (Fsp3) is 0.619. The normalized spacial score (nSPS) is 30.0. The van der Waals surface area contributed by atoms with Gasteiger partial charge in [-0.15, -0.1) is 0 Å². The van der Waals surface area contributed by atoms with Crippen LogP contribution in [0.2, 0.25) is 0 Å². The lowest BCUT2D eigenvalue weighted by atomic mass is 9.52. The number of likely N-dealkylation sites (tertiary alicyclic amines) is 1. The van der Waals surface area contributed by atoms with Gasteiger partial charge in [-0.1, -0.05) is 18.9 Å². The van der Waals surface area contributed by atoms with Gasteiger partial charge < -0.3 is 30.4 Å². The number of phenolic OH excluding ortho intramolecular Hbond substituents is 1. The molecule has 1 aliphatic heterocycles. The Morgan fingerprint density at radius 2 is 1.76 bits per heavy atom. The lowest BCUT2D eigenvalue weighted by Gasteiger charge is -2.58. The van der Waals surface area contributed by atoms with Gasteiger partial charge in [0.2, 0.25) is 0 Å². The molecule has 1 aromatic rings. The predicted octanol–water partition coefficient (Wildman–Crippen LogP) is 0.958. The predicted molar refractivity (Wildman–Crippen MR) is 104 cm³/mol. The van der Waals surface area contributed by atoms with E-state index >= 15 is 0 Å². The van der Waals surface area contributed by atoms with E-state index in [2.05, 4.69) is 24.1 Å². The average molecular weight is 407 g/mol. The van der Waals surface area contributed by atoms with Crippen LogP contribution in [0.25, 0.3) is 0 Å². The van der Waals surface area contributed by atoms with Gasteiger partial charge in [0.1, 0.15) is 5.75 Å². The number of aromatic hydroxyl groups is 1. The first-order valence-corrected chi connectivity index (χ1v) is 10.0. The van der Waals surface area contributed by atoms with E-state index in [1.54, 1.807) is 0 Å². The summed E-state index contributed by atoms with van der Waals surface area (Å²) in [6.45, 7) is 1.22. The minimum atomic E-state index is -2.27. The molecule has 1 heterocycles. The molecule has 1 aromatic carbocycles. The van der Waals surface area contributed by atoms with Crippen LogP contribution < -0.4 is 0 Å². The van der Waals surface area contributed by atoms with Crippen molar-refractivity contribution in [3.63, 3.8) is 0 Å². The van der Waals surface area contributed by atoms with E-state index < -0.39 is 24.1 Å². The van der Waals surface area contributed by atoms with E-state index in [4.69, 9.17) is 20.4 Å². The Kier molecular flexibility index (Phi) is 6.16. The van der Waals surface area contributed by atoms with E-state index in [0.717, 1.165) is 12.0 Å². The maximum atomic E-state index is 9.91. The number of aliphatic hydroxyl groups excluding tert-OH is 2. The largest absolute Gasteiger partial charge is 0.508 e. The summed E-state index contributed by atoms with van der Waals surface area (Å²) in [5.41, 5.74) is 3.36. The second-order valence-electron chi connectivity index (χ2n) is 8.42. The standard InChI is InChI=1S/C17H23NO.C4H6O6/c1-18-9-8-17-7-3-2-4-14(17)16(18)10-12-5-6-13(19)11-15(12)17;5-1(3(7)8)2(6)4(9)10/h5-6,11,14,16,19H,2-4,7-10H2,1H3;1-2,5-6H,(H,7,8)(H,9,10)/t14-,16+,17+;1-,2-/m00/s1. The summed E-state index contributed by atoms with van der Waals surface area (Å²) < 4.78 is 0. The van der Waals surface area contributed by atoms with Crippen molar-refractivity contribution in [2.45, 2.75) is 62.2 Å². The number of phenols is 1. The molecule has 160 valence electrons. The Hall–Kier alpha value is -2.16. The molecule has 0 radical (unpaired) electrons. The van der Waals surface area contributed by atoms with Crippen molar-refractivity contribution in [3.05, 3.63) is 29.3 Å². The highest BCUT2D eigenvalue weighted by Gasteiger charge is 2.53. The number of aliphatic hydroxyl groups is 2. The van der Waals surface area contributed by atoms with Crippen LogP contribution in [0.5, 0.6) is 5.75 Å². The Balaban J connectivity index is 0.000000207. The first kappa shape index (κ1) is 21.5. The van der Waals surface area contributed by atoms with Gasteiger partial charge in [0.05, 0.1) is 0 Å². The molecule has 0 amide bonds. The molecule has 8 nitrogen and oxygen atoms in total. The Bertz CT molecular complexity index is 764. The summed E-state index contributed by atoms with van der Waals surface area (Å²) >= 11 is 0. The molecule has 4 rings (SSSR count). The summed E-state index contributed by atoms with van der Waals surface area (Å²) in [4.78, 5) is 22.1. The molecular weight excluding hydrogens is 378 g/mol. The molecule has 0 spiro atoms. The molecule has 1 saturated heterocycles. The van der Waals surface area contributed by atoms with Crippen LogP contribution >= 0.6 is 0 Å². The summed E-state index contributed by atoms with van der Waals surface area (Å²) in [6.07, 6.45) is 3.39. The van der Waals surface area contributed by atoms with Crippen LogP contribution in [-0.2, 0) is 21.4 Å². The number of nitrogens with zero attached hydrogens (tertiary/aromatic N) is 1. The zero-order valence-corrected chi connectivity index (χ0v) is 16.5. The molecule has 8 heteroatoms. The molecule has 5 N–H and O–H groups in total. The maximum Gasteiger partial charge on any atom is 0.335 e. The number of hydrogen-bond acceptors (Lipinski definition) is 6. The summed E-state index contributed by atoms with van der Waals surface area (Å²) in [5, 5.41) is 42.4. The van der Waals surface area contributed by atoms with Gasteiger partial charge in [0.15, 0.2) is 12.2 Å². The number of carboxylic acids is 2. The highest BCUT2D eigenvalue weighted by molar-refractivity contribution is 5.83. The minimum Gasteiger partial charge on any atom is -0.508 e. The molecular formula is C21H29NO7. The third-order valence-corrected chi connectivity index (χ3v) is 6.90. The topological polar surface area (TPSA) is 139 Å². The second-order valence-corrected chi connectivity index (χ2v) is 8.42. The van der Waals surface area contributed by atoms with Gasteiger partial charge in [-0.2, -0.15) is 0 Å². The van der Waals surface area contributed by atoms with Gasteiger partial charge in [-0.05, 0) is 68.5 Å². The molecule has 0 unspecified atom stereocenters. The Morgan fingerprint density at radius 1 is 1.10 bits per heavy atom. The van der Waals surface area contributed by atoms with E-state index in [1.807, 2.05) is 6.07 Å². The summed E-state index contributed by atoms with van der Waals surface area (Å²) in [7, 11) is 2.30. The number of aliphatic carboxylic acids is 2. The molecule has 2 aliphatic carbocycles. The number of likely N-dealkylation sites (N-methyl/N-ethyl adjacent to an activating group) is 1. The lowest BCUT2D eigenvalue weighted by molar-refractivity contribution is -0.165. The lowest BCUT2D eigenvalue weighted by Crippen LogP contribution is -2.59. The van der Waals surface area contributed by atoms with E-state index in [9.17, 15) is 14.7 Å². The van der Waals surface area contributed by atoms with Crippen molar-refractivity contribution in [2.75, 3.05) is 13.6 Å². The third-order valence-electron chi connectivity index (χ3n) is 6.90. The van der Waals surface area contributed by atoms with Gasteiger partial charge in [0, 0.05) is 11.5 Å². The second kappa shape index (κ2) is 8.30. The van der Waals surface area contributed by atoms with Crippen molar-refractivity contribution in [3.8, 4) is 5.75 Å². The Labute approximate surface area is 169 Å². The molecule has 2 fully saturated rings. The first-order chi connectivity index (χ1) is 13.7. The number of rotatable bonds is 3. The van der Waals surface area contributed by atoms with Crippen LogP contribution in [0.3, 0.4) is 0 Å². The van der Waals surface area contributed by atoms with Crippen LogP contribution in [0.15, 0.2) is 18.2 Å². The maximum absolute atomic E-state index is 9.91. The van der Waals surface area contributed by atoms with E-state index in [1.165, 1.54) is 56.2 Å². The van der Waals surface area contributed by atoms with Crippen LogP contribution in [0, 0.1) is 5.92 Å². The van der Waals surface area contributed by atoms with Gasteiger partial charge in [-0.3, -0.25) is 0 Å². The zero-order chi connectivity index (χ0) is 21.3. The zero-order valence-electron chi connectivity index (χ0n) is 16.5. The number of piperidine rings is 1. The van der Waals surface area contributed by atoms with Crippen LogP contribution in [0.4, 0.5) is 0 Å². The monoisotopic (exact) mass is 407 g/mol. The molecule has 3 aliphatic rings. The highest BCUT2D eigenvalue weighted by atomic mass is 16.4. The van der Waals surface area contributed by atoms with Gasteiger partial charge in [-0.25, -0.2) is 9.59 Å². The smallest absolute Gasteiger partial charge is 0.335 e. The number of benzene rings is 1. The fourth-order valence-electron chi connectivity index (χ4n) is 5.45. The highest BCUT2D eigenvalue weighted by Crippen LogP contribution is 2.55. The number of hydrogen-bond donors (Lipinski definition) is 5. The molecule has 2 bridgehead atoms. The molecule has 5 atom stereocenters. The summed E-state index contributed by atoms with van der Waals surface area (Å²) in [5.74, 6) is -2.27. The van der Waals surface area contributed by atoms with Crippen molar-refractivity contribution < 1.29 is 35.1 Å². The fourth-order valence-corrected chi connectivity index (χ4v) is 5.45. The number of fused-ring (bicyclic) bond motifs is 1. The minimum absolute atomic E-state index is 0.377.